The number of nitrogens with zero attached hydrogens (tertiary/aromatic N) is 1. The van der Waals surface area contributed by atoms with Gasteiger partial charge in [0, 0.05) is 5.69 Å². The summed E-state index contributed by atoms with van der Waals surface area (Å²) in [6, 6.07) is 17.0. The summed E-state index contributed by atoms with van der Waals surface area (Å²) in [5, 5.41) is 12.4. The Morgan fingerprint density at radius 2 is 1.73 bits per heavy atom. The summed E-state index contributed by atoms with van der Waals surface area (Å²) in [6.07, 6.45) is 1.38. The molecule has 0 aliphatic carbocycles. The van der Waals surface area contributed by atoms with Gasteiger partial charge in [-0.05, 0) is 79.6 Å². The summed E-state index contributed by atoms with van der Waals surface area (Å²) in [6.45, 7) is 4.22. The average molecular weight is 523 g/mol. The molecule has 0 atom stereocenters. The molecule has 9 heteroatoms. The Labute approximate surface area is 219 Å². The normalized spacial score (nSPS) is 10.8. The van der Waals surface area contributed by atoms with Gasteiger partial charge in [-0.25, -0.2) is 9.18 Å². The van der Waals surface area contributed by atoms with E-state index in [1.165, 1.54) is 42.5 Å². The Hall–Kier alpha value is -4.35. The number of hydrogen-bond acceptors (Lipinski definition) is 6. The third-order valence-corrected chi connectivity index (χ3v) is 5.24. The number of carbonyl (C=O) groups is 2. The number of hydrogen-bond donors (Lipinski definition) is 1. The zero-order valence-electron chi connectivity index (χ0n) is 20.2. The Morgan fingerprint density at radius 1 is 1.03 bits per heavy atom. The number of anilines is 1. The highest BCUT2D eigenvalue weighted by atomic mass is 35.5. The topological polar surface area (TPSA) is 97.7 Å². The van der Waals surface area contributed by atoms with Crippen LogP contribution in [0.15, 0.2) is 66.2 Å². The molecule has 0 aromatic heterocycles. The molecule has 37 heavy (non-hydrogen) atoms. The zero-order valence-corrected chi connectivity index (χ0v) is 21.0. The van der Waals surface area contributed by atoms with Gasteiger partial charge in [0.2, 0.25) is 0 Å². The second-order valence-electron chi connectivity index (χ2n) is 7.60. The van der Waals surface area contributed by atoms with Gasteiger partial charge in [0.25, 0.3) is 5.91 Å². The van der Waals surface area contributed by atoms with E-state index in [4.69, 9.17) is 25.8 Å². The molecule has 190 valence electrons. The fraction of sp³-hybridized carbons (Fsp3) is 0.179. The van der Waals surface area contributed by atoms with Gasteiger partial charge in [0.05, 0.1) is 23.8 Å². The van der Waals surface area contributed by atoms with E-state index in [2.05, 4.69) is 5.32 Å². The van der Waals surface area contributed by atoms with E-state index in [0.717, 1.165) is 5.56 Å². The number of benzene rings is 3. The van der Waals surface area contributed by atoms with Gasteiger partial charge in [-0.3, -0.25) is 4.79 Å². The van der Waals surface area contributed by atoms with Crippen LogP contribution in [-0.4, -0.2) is 25.1 Å². The van der Waals surface area contributed by atoms with Crippen molar-refractivity contribution in [1.82, 2.24) is 0 Å². The van der Waals surface area contributed by atoms with Crippen LogP contribution in [0.1, 0.15) is 35.3 Å². The van der Waals surface area contributed by atoms with Gasteiger partial charge < -0.3 is 19.5 Å². The lowest BCUT2D eigenvalue weighted by Crippen LogP contribution is -2.13. The minimum atomic E-state index is -0.642. The average Bonchev–Trinajstić information content (AvgIpc) is 2.88. The number of esters is 1. The Morgan fingerprint density at radius 3 is 2.35 bits per heavy atom. The van der Waals surface area contributed by atoms with E-state index in [0.29, 0.717) is 29.2 Å². The van der Waals surface area contributed by atoms with E-state index >= 15 is 0 Å². The third kappa shape index (κ3) is 7.56. The summed E-state index contributed by atoms with van der Waals surface area (Å²) in [5.41, 5.74) is 1.76. The van der Waals surface area contributed by atoms with Crippen molar-refractivity contribution < 1.29 is 28.2 Å². The fourth-order valence-corrected chi connectivity index (χ4v) is 3.50. The lowest BCUT2D eigenvalue weighted by molar-refractivity contribution is -0.112. The quantitative estimate of drug-likeness (QED) is 0.194. The maximum Gasteiger partial charge on any atom is 0.338 e. The number of halogens is 2. The molecule has 0 saturated heterocycles. The molecule has 0 aliphatic rings. The summed E-state index contributed by atoms with van der Waals surface area (Å²) in [5.74, 6) is -0.841. The number of nitriles is 1. The number of amides is 1. The summed E-state index contributed by atoms with van der Waals surface area (Å²) in [7, 11) is 0. The molecule has 0 fully saturated rings. The predicted octanol–water partition coefficient (Wildman–Crippen LogP) is 6.18. The van der Waals surface area contributed by atoms with Gasteiger partial charge in [0.15, 0.2) is 11.5 Å². The Kier molecular flexibility index (Phi) is 9.64. The van der Waals surface area contributed by atoms with Crippen LogP contribution in [0.4, 0.5) is 10.1 Å². The molecular weight excluding hydrogens is 499 g/mol. The van der Waals surface area contributed by atoms with Crippen molar-refractivity contribution in [1.29, 1.82) is 5.26 Å². The first-order valence-electron chi connectivity index (χ1n) is 11.4. The van der Waals surface area contributed by atoms with Crippen molar-refractivity contribution in [3.63, 3.8) is 0 Å². The molecule has 1 amide bonds. The standard InChI is InChI=1S/C28H24ClFN2O5/c1-3-35-25-15-19(14-24(29)26(25)37-17-18-5-9-22(30)10-6-18)13-21(16-31)27(33)32-23-11-7-20(8-12-23)28(34)36-4-2/h5-15H,3-4,17H2,1-2H3,(H,32,33)/b21-13+. The SMILES string of the molecule is CCOC(=O)c1ccc(NC(=O)/C(C#N)=C/c2cc(Cl)c(OCc3ccc(F)cc3)c(OCC)c2)cc1. The highest BCUT2D eigenvalue weighted by Crippen LogP contribution is 2.38. The highest BCUT2D eigenvalue weighted by molar-refractivity contribution is 6.32. The van der Waals surface area contributed by atoms with E-state index in [-0.39, 0.29) is 35.4 Å². The van der Waals surface area contributed by atoms with Crippen molar-refractivity contribution >= 4 is 35.2 Å². The molecule has 3 rings (SSSR count). The first kappa shape index (κ1) is 27.2. The molecule has 7 nitrogen and oxygen atoms in total. The zero-order chi connectivity index (χ0) is 26.8. The summed E-state index contributed by atoms with van der Waals surface area (Å²) >= 11 is 6.45. The maximum atomic E-state index is 13.2. The molecule has 3 aromatic carbocycles. The van der Waals surface area contributed by atoms with Gasteiger partial charge >= 0.3 is 5.97 Å². The molecular formula is C28H24ClFN2O5. The monoisotopic (exact) mass is 522 g/mol. The molecule has 0 saturated carbocycles. The summed E-state index contributed by atoms with van der Waals surface area (Å²) in [4.78, 5) is 24.5. The smallest absolute Gasteiger partial charge is 0.338 e. The molecule has 0 radical (unpaired) electrons. The van der Waals surface area contributed by atoms with E-state index in [1.54, 1.807) is 38.1 Å². The van der Waals surface area contributed by atoms with Crippen LogP contribution < -0.4 is 14.8 Å². The highest BCUT2D eigenvalue weighted by Gasteiger charge is 2.15. The van der Waals surface area contributed by atoms with Gasteiger partial charge in [-0.15, -0.1) is 0 Å². The van der Waals surface area contributed by atoms with Crippen LogP contribution in [0, 0.1) is 17.1 Å². The molecule has 3 aromatic rings. The maximum absolute atomic E-state index is 13.2. The molecule has 0 aliphatic heterocycles. The van der Waals surface area contributed by atoms with E-state index in [9.17, 15) is 19.2 Å². The summed E-state index contributed by atoms with van der Waals surface area (Å²) < 4.78 is 29.6. The van der Waals surface area contributed by atoms with Crippen molar-refractivity contribution in [2.24, 2.45) is 0 Å². The predicted molar refractivity (Wildman–Crippen MR) is 138 cm³/mol. The van der Waals surface area contributed by atoms with Crippen LogP contribution in [0.2, 0.25) is 5.02 Å². The van der Waals surface area contributed by atoms with Crippen LogP contribution in [0.25, 0.3) is 6.08 Å². The van der Waals surface area contributed by atoms with Crippen molar-refractivity contribution in [3.8, 4) is 17.6 Å². The lowest BCUT2D eigenvalue weighted by Gasteiger charge is -2.15. The van der Waals surface area contributed by atoms with Crippen molar-refractivity contribution in [2.75, 3.05) is 18.5 Å². The number of nitrogens with one attached hydrogen (secondary N) is 1. The second kappa shape index (κ2) is 13.1. The number of carbonyl (C=O) groups excluding carboxylic acids is 2. The molecule has 0 bridgehead atoms. The largest absolute Gasteiger partial charge is 0.490 e. The van der Waals surface area contributed by atoms with Crippen molar-refractivity contribution in [2.45, 2.75) is 20.5 Å². The minimum Gasteiger partial charge on any atom is -0.490 e. The van der Waals surface area contributed by atoms with Crippen LogP contribution >= 0.6 is 11.6 Å². The Balaban J connectivity index is 1.78. The van der Waals surface area contributed by atoms with Gasteiger partial charge in [0.1, 0.15) is 24.1 Å². The first-order valence-corrected chi connectivity index (χ1v) is 11.8. The number of rotatable bonds is 10. The lowest BCUT2D eigenvalue weighted by atomic mass is 10.1. The second-order valence-corrected chi connectivity index (χ2v) is 8.01. The van der Waals surface area contributed by atoms with Crippen molar-refractivity contribution in [3.05, 3.63) is 93.8 Å². The van der Waals surface area contributed by atoms with Crippen LogP contribution in [0.3, 0.4) is 0 Å². The molecule has 0 spiro atoms. The number of ether oxygens (including phenoxy) is 3. The minimum absolute atomic E-state index is 0.135. The van der Waals surface area contributed by atoms with Gasteiger partial charge in [-0.2, -0.15) is 5.26 Å². The van der Waals surface area contributed by atoms with E-state index < -0.39 is 11.9 Å². The molecule has 0 heterocycles. The van der Waals surface area contributed by atoms with Gasteiger partial charge in [-0.1, -0.05) is 23.7 Å². The Bertz CT molecular complexity index is 1330. The fourth-order valence-electron chi connectivity index (χ4n) is 3.23. The third-order valence-electron chi connectivity index (χ3n) is 4.96. The van der Waals surface area contributed by atoms with Crippen LogP contribution in [-0.2, 0) is 16.1 Å². The molecule has 1 N–H and O–H groups in total. The van der Waals surface area contributed by atoms with E-state index in [1.807, 2.05) is 6.07 Å². The van der Waals surface area contributed by atoms with Crippen LogP contribution in [0.5, 0.6) is 11.5 Å². The molecule has 0 unspecified atom stereocenters. The first-order chi connectivity index (χ1) is 17.8.